The van der Waals surface area contributed by atoms with Crippen molar-refractivity contribution in [3.8, 4) is 5.88 Å². The van der Waals surface area contributed by atoms with Gasteiger partial charge in [0, 0.05) is 18.2 Å². The lowest BCUT2D eigenvalue weighted by molar-refractivity contribution is -0.132. The Labute approximate surface area is 157 Å². The van der Waals surface area contributed by atoms with Gasteiger partial charge in [-0.25, -0.2) is 9.48 Å². The van der Waals surface area contributed by atoms with Crippen LogP contribution in [0.1, 0.15) is 22.4 Å². The fourth-order valence-corrected chi connectivity index (χ4v) is 2.50. The molecule has 0 bridgehead atoms. The van der Waals surface area contributed by atoms with Gasteiger partial charge in [-0.2, -0.15) is 5.10 Å². The Morgan fingerprint density at radius 1 is 1.26 bits per heavy atom. The molecule has 2 rings (SSSR count). The van der Waals surface area contributed by atoms with Gasteiger partial charge in [-0.1, -0.05) is 34.6 Å². The molecule has 0 N–H and O–H groups in total. The van der Waals surface area contributed by atoms with Crippen molar-refractivity contribution in [2.45, 2.75) is 13.5 Å². The fourth-order valence-electron chi connectivity index (χ4n) is 2.50. The Morgan fingerprint density at radius 3 is 2.67 bits per heavy atom. The zero-order valence-electron chi connectivity index (χ0n) is 15.9. The third-order valence-electron chi connectivity index (χ3n) is 3.72. The topological polar surface area (TPSA) is 96.5 Å². The van der Waals surface area contributed by atoms with Gasteiger partial charge in [-0.3, -0.25) is 0 Å². The molecule has 0 fully saturated rings. The second-order valence-corrected chi connectivity index (χ2v) is 5.41. The van der Waals surface area contributed by atoms with Gasteiger partial charge in [0.2, 0.25) is 5.88 Å². The highest BCUT2D eigenvalue weighted by molar-refractivity contribution is 6.43. The van der Waals surface area contributed by atoms with Crippen LogP contribution in [0, 0.1) is 6.92 Å². The highest BCUT2D eigenvalue weighted by Crippen LogP contribution is 2.19. The first-order chi connectivity index (χ1) is 13.0. The Morgan fingerprint density at radius 2 is 2.00 bits per heavy atom. The van der Waals surface area contributed by atoms with Crippen LogP contribution in [0.2, 0.25) is 0 Å². The molecule has 0 radical (unpaired) electrons. The molecule has 0 amide bonds. The summed E-state index contributed by atoms with van der Waals surface area (Å²) in [5, 5.41) is 12.0. The quantitative estimate of drug-likeness (QED) is 0.397. The van der Waals surface area contributed by atoms with Crippen molar-refractivity contribution >= 4 is 17.9 Å². The van der Waals surface area contributed by atoms with Crippen molar-refractivity contribution < 1.29 is 23.9 Å². The molecule has 0 unspecified atom stereocenters. The predicted octanol–water partition coefficient (Wildman–Crippen LogP) is 1.81. The third-order valence-corrected chi connectivity index (χ3v) is 3.72. The number of benzene rings is 1. The molecule has 1 aromatic heterocycles. The molecule has 0 saturated heterocycles. The van der Waals surface area contributed by atoms with Crippen LogP contribution in [0.4, 0.5) is 0 Å². The number of nitrogens with zero attached hydrogens (tertiary/aromatic N) is 4. The summed E-state index contributed by atoms with van der Waals surface area (Å²) in [6.07, 6.45) is 1.54. The van der Waals surface area contributed by atoms with Crippen molar-refractivity contribution in [3.05, 3.63) is 46.6 Å². The Bertz CT molecular complexity index is 857. The summed E-state index contributed by atoms with van der Waals surface area (Å²) in [6, 6.07) is 7.13. The summed E-state index contributed by atoms with van der Waals surface area (Å²) in [7, 11) is 5.98. The number of oxime groups is 2. The summed E-state index contributed by atoms with van der Waals surface area (Å²) >= 11 is 0. The molecule has 0 aliphatic heterocycles. The van der Waals surface area contributed by atoms with E-state index >= 15 is 0 Å². The van der Waals surface area contributed by atoms with Gasteiger partial charge < -0.3 is 19.1 Å². The maximum Gasteiger partial charge on any atom is 0.360 e. The molecule has 2 aromatic rings. The lowest BCUT2D eigenvalue weighted by Crippen LogP contribution is -2.19. The van der Waals surface area contributed by atoms with Crippen LogP contribution in [0.5, 0.6) is 5.88 Å². The molecule has 0 atom stereocenters. The van der Waals surface area contributed by atoms with Gasteiger partial charge in [0.25, 0.3) is 0 Å². The number of hydrogen-bond donors (Lipinski definition) is 0. The van der Waals surface area contributed by atoms with Gasteiger partial charge in [0.1, 0.15) is 13.7 Å². The molecule has 0 aliphatic carbocycles. The van der Waals surface area contributed by atoms with Gasteiger partial charge in [-0.15, -0.1) is 0 Å². The van der Waals surface area contributed by atoms with Crippen molar-refractivity contribution in [1.29, 1.82) is 0 Å². The first-order valence-electron chi connectivity index (χ1n) is 8.04. The molecule has 0 spiro atoms. The van der Waals surface area contributed by atoms with E-state index in [9.17, 15) is 4.79 Å². The Kier molecular flexibility index (Phi) is 6.93. The summed E-state index contributed by atoms with van der Waals surface area (Å²) in [6.45, 7) is 1.97. The molecule has 1 aromatic carbocycles. The minimum atomic E-state index is -0.608. The number of hydrogen-bond acceptors (Lipinski definition) is 8. The standard InChI is InChI=1S/C18H22N4O5/c1-12-15(17(24-3)22(2)20-12)10-19-27-11-13-8-6-7-9-14(13)16(21-26-5)18(23)25-4/h6-10H,11H2,1-5H3/b19-10+,21-16+. The Balaban J connectivity index is 2.18. The molecular weight excluding hydrogens is 352 g/mol. The van der Waals surface area contributed by atoms with Gasteiger partial charge in [0.15, 0.2) is 5.71 Å². The Hall–Kier alpha value is -3.36. The number of ether oxygens (including phenoxy) is 2. The number of methoxy groups -OCH3 is 2. The van der Waals surface area contributed by atoms with Crippen LogP contribution in [0.25, 0.3) is 0 Å². The smallest absolute Gasteiger partial charge is 0.360 e. The van der Waals surface area contributed by atoms with Crippen molar-refractivity contribution in [2.24, 2.45) is 17.4 Å². The number of esters is 1. The van der Waals surface area contributed by atoms with Gasteiger partial charge >= 0.3 is 5.97 Å². The van der Waals surface area contributed by atoms with Crippen molar-refractivity contribution in [2.75, 3.05) is 21.3 Å². The molecule has 144 valence electrons. The predicted molar refractivity (Wildman–Crippen MR) is 98.9 cm³/mol. The second-order valence-electron chi connectivity index (χ2n) is 5.41. The third kappa shape index (κ3) is 4.63. The lowest BCUT2D eigenvalue weighted by atomic mass is 10.0. The molecule has 1 heterocycles. The van der Waals surface area contributed by atoms with Crippen LogP contribution in [-0.4, -0.2) is 49.0 Å². The van der Waals surface area contributed by atoms with Crippen molar-refractivity contribution in [3.63, 3.8) is 0 Å². The second kappa shape index (κ2) is 9.37. The summed E-state index contributed by atoms with van der Waals surface area (Å²) in [5.41, 5.74) is 2.78. The van der Waals surface area contributed by atoms with Crippen LogP contribution in [0.3, 0.4) is 0 Å². The minimum Gasteiger partial charge on any atom is -0.481 e. The van der Waals surface area contributed by atoms with E-state index in [0.717, 1.165) is 11.3 Å². The number of carbonyl (C=O) groups is 1. The number of rotatable bonds is 8. The average molecular weight is 374 g/mol. The van der Waals surface area contributed by atoms with E-state index in [2.05, 4.69) is 15.4 Å². The van der Waals surface area contributed by atoms with Crippen LogP contribution >= 0.6 is 0 Å². The largest absolute Gasteiger partial charge is 0.481 e. The van der Waals surface area contributed by atoms with E-state index in [4.69, 9.17) is 19.1 Å². The van der Waals surface area contributed by atoms with Gasteiger partial charge in [0.05, 0.1) is 31.7 Å². The maximum atomic E-state index is 12.0. The van der Waals surface area contributed by atoms with Crippen LogP contribution in [0.15, 0.2) is 34.6 Å². The first kappa shape index (κ1) is 20.0. The highest BCUT2D eigenvalue weighted by Gasteiger charge is 2.19. The van der Waals surface area contributed by atoms with E-state index in [1.807, 2.05) is 13.0 Å². The van der Waals surface area contributed by atoms with Crippen molar-refractivity contribution in [1.82, 2.24) is 9.78 Å². The lowest BCUT2D eigenvalue weighted by Gasteiger charge is -2.09. The molecule has 9 nitrogen and oxygen atoms in total. The highest BCUT2D eigenvalue weighted by atomic mass is 16.6. The zero-order chi connectivity index (χ0) is 19.8. The fraction of sp³-hybridized carbons (Fsp3) is 0.333. The summed E-state index contributed by atoms with van der Waals surface area (Å²) in [4.78, 5) is 22.1. The normalized spacial score (nSPS) is 11.5. The number of aromatic nitrogens is 2. The molecule has 9 heteroatoms. The molecule has 27 heavy (non-hydrogen) atoms. The summed E-state index contributed by atoms with van der Waals surface area (Å²) < 4.78 is 11.7. The van der Waals surface area contributed by atoms with E-state index in [0.29, 0.717) is 17.0 Å². The maximum absolute atomic E-state index is 12.0. The molecule has 0 aliphatic rings. The first-order valence-corrected chi connectivity index (χ1v) is 8.04. The minimum absolute atomic E-state index is 0.0490. The van der Waals surface area contributed by atoms with E-state index in [-0.39, 0.29) is 12.3 Å². The molecule has 0 saturated carbocycles. The SMILES string of the molecule is CO/N=C(/C(=O)OC)c1ccccc1CO/N=C/c1c(C)nn(C)c1OC. The van der Waals surface area contributed by atoms with E-state index in [1.165, 1.54) is 20.4 Å². The monoisotopic (exact) mass is 374 g/mol. The van der Waals surface area contributed by atoms with Crippen LogP contribution < -0.4 is 4.74 Å². The zero-order valence-corrected chi connectivity index (χ0v) is 15.9. The number of carbonyl (C=O) groups excluding carboxylic acids is 1. The van der Waals surface area contributed by atoms with Crippen LogP contribution in [-0.2, 0) is 32.9 Å². The number of aryl methyl sites for hydroxylation is 2. The average Bonchev–Trinajstić information content (AvgIpc) is 2.95. The van der Waals surface area contributed by atoms with E-state index in [1.54, 1.807) is 37.0 Å². The van der Waals surface area contributed by atoms with Gasteiger partial charge in [-0.05, 0) is 6.92 Å². The molecular formula is C18H22N4O5. The van der Waals surface area contributed by atoms with E-state index < -0.39 is 5.97 Å². The summed E-state index contributed by atoms with van der Waals surface area (Å²) in [5.74, 6) is -0.0241.